The fraction of sp³-hybridized carbons (Fsp3) is 0.423. The third-order valence-corrected chi connectivity index (χ3v) is 7.04. The van der Waals surface area contributed by atoms with Crippen molar-refractivity contribution in [2.45, 2.75) is 19.4 Å². The molecule has 0 bridgehead atoms. The smallest absolute Gasteiger partial charge is 0.396 e. The van der Waals surface area contributed by atoms with E-state index < -0.39 is 17.7 Å². The minimum atomic E-state index is -0.885. The van der Waals surface area contributed by atoms with Gasteiger partial charge in [-0.1, -0.05) is 48.0 Å². The van der Waals surface area contributed by atoms with Gasteiger partial charge < -0.3 is 19.9 Å². The molecule has 2 aliphatic heterocycles. The summed E-state index contributed by atoms with van der Waals surface area (Å²) < 4.78 is 19.0. The molecule has 2 unspecified atom stereocenters. The van der Waals surface area contributed by atoms with Gasteiger partial charge in [-0.25, -0.2) is 9.18 Å². The number of hydrogen-bond donors (Lipinski definition) is 1. The Labute approximate surface area is 209 Å². The van der Waals surface area contributed by atoms with Crippen LogP contribution < -0.4 is 5.32 Å². The third-order valence-electron chi connectivity index (χ3n) is 6.73. The van der Waals surface area contributed by atoms with Gasteiger partial charge in [-0.15, -0.1) is 0 Å². The van der Waals surface area contributed by atoms with Crippen molar-refractivity contribution < 1.29 is 23.5 Å². The SMILES string of the molecule is CCOC(=O)C(=O)N[C@@H](CCN1CC2CN(C(=O)c3c(F)cccc3Cl)CC2C1)c1ccccc1. The predicted molar refractivity (Wildman–Crippen MR) is 129 cm³/mol. The summed E-state index contributed by atoms with van der Waals surface area (Å²) in [4.78, 5) is 41.0. The quantitative estimate of drug-likeness (QED) is 0.465. The highest BCUT2D eigenvalue weighted by atomic mass is 35.5. The second-order valence-electron chi connectivity index (χ2n) is 9.03. The predicted octanol–water partition coefficient (Wildman–Crippen LogP) is 3.29. The second kappa shape index (κ2) is 11.2. The van der Waals surface area contributed by atoms with Crippen LogP contribution >= 0.6 is 11.6 Å². The number of rotatable bonds is 7. The van der Waals surface area contributed by atoms with E-state index in [0.29, 0.717) is 31.3 Å². The maximum Gasteiger partial charge on any atom is 0.396 e. The van der Waals surface area contributed by atoms with Crippen molar-refractivity contribution in [3.63, 3.8) is 0 Å². The summed E-state index contributed by atoms with van der Waals surface area (Å²) in [7, 11) is 0. The van der Waals surface area contributed by atoms with E-state index in [4.69, 9.17) is 16.3 Å². The highest BCUT2D eigenvalue weighted by molar-refractivity contribution is 6.34. The van der Waals surface area contributed by atoms with Crippen molar-refractivity contribution in [3.05, 3.63) is 70.5 Å². The molecule has 0 spiro atoms. The number of fused-ring (bicyclic) bond motifs is 1. The van der Waals surface area contributed by atoms with Gasteiger partial charge in [-0.3, -0.25) is 9.59 Å². The highest BCUT2D eigenvalue weighted by Crippen LogP contribution is 2.33. The average Bonchev–Trinajstić information content (AvgIpc) is 3.41. The highest BCUT2D eigenvalue weighted by Gasteiger charge is 2.42. The topological polar surface area (TPSA) is 79.0 Å². The Balaban J connectivity index is 1.33. The monoisotopic (exact) mass is 501 g/mol. The van der Waals surface area contributed by atoms with Gasteiger partial charge in [0.25, 0.3) is 5.91 Å². The lowest BCUT2D eigenvalue weighted by atomic mass is 10.0. The molecule has 9 heteroatoms. The van der Waals surface area contributed by atoms with Gasteiger partial charge in [-0.05, 0) is 42.9 Å². The van der Waals surface area contributed by atoms with Crippen molar-refractivity contribution in [3.8, 4) is 0 Å². The molecule has 2 aromatic rings. The van der Waals surface area contributed by atoms with E-state index in [1.54, 1.807) is 11.8 Å². The molecule has 2 heterocycles. The molecule has 2 fully saturated rings. The van der Waals surface area contributed by atoms with Crippen LogP contribution in [0, 0.1) is 17.7 Å². The van der Waals surface area contributed by atoms with E-state index in [0.717, 1.165) is 25.2 Å². The zero-order valence-electron chi connectivity index (χ0n) is 19.6. The molecule has 35 heavy (non-hydrogen) atoms. The summed E-state index contributed by atoms with van der Waals surface area (Å²) in [5.41, 5.74) is 0.858. The zero-order chi connectivity index (χ0) is 24.9. The van der Waals surface area contributed by atoms with Gasteiger partial charge in [0.1, 0.15) is 5.82 Å². The maximum absolute atomic E-state index is 14.2. The Morgan fingerprint density at radius 3 is 2.37 bits per heavy atom. The van der Waals surface area contributed by atoms with Gasteiger partial charge in [-0.2, -0.15) is 0 Å². The van der Waals surface area contributed by atoms with Crippen LogP contribution in [0.15, 0.2) is 48.5 Å². The fourth-order valence-corrected chi connectivity index (χ4v) is 5.28. The number of esters is 1. The van der Waals surface area contributed by atoms with E-state index >= 15 is 0 Å². The Kier molecular flexibility index (Phi) is 8.03. The van der Waals surface area contributed by atoms with Crippen LogP contribution in [0.25, 0.3) is 0 Å². The summed E-state index contributed by atoms with van der Waals surface area (Å²) in [5, 5.41) is 2.93. The normalized spacial score (nSPS) is 20.4. The van der Waals surface area contributed by atoms with Crippen LogP contribution in [0.2, 0.25) is 5.02 Å². The molecule has 2 aliphatic rings. The Bertz CT molecular complexity index is 1050. The number of nitrogens with one attached hydrogen (secondary N) is 1. The number of likely N-dealkylation sites (tertiary alicyclic amines) is 2. The number of amides is 2. The molecule has 0 aliphatic carbocycles. The first-order valence-corrected chi connectivity index (χ1v) is 12.2. The zero-order valence-corrected chi connectivity index (χ0v) is 20.3. The van der Waals surface area contributed by atoms with Crippen molar-refractivity contribution in [1.29, 1.82) is 0 Å². The average molecular weight is 502 g/mol. The summed E-state index contributed by atoms with van der Waals surface area (Å²) in [5.74, 6) is -2.00. The van der Waals surface area contributed by atoms with E-state index in [1.807, 2.05) is 30.3 Å². The van der Waals surface area contributed by atoms with E-state index in [1.165, 1.54) is 18.2 Å². The van der Waals surface area contributed by atoms with Gasteiger partial charge >= 0.3 is 11.9 Å². The number of ether oxygens (including phenoxy) is 1. The molecule has 0 aromatic heterocycles. The Morgan fingerprint density at radius 2 is 1.74 bits per heavy atom. The van der Waals surface area contributed by atoms with Gasteiger partial charge in [0.2, 0.25) is 0 Å². The molecule has 4 rings (SSSR count). The van der Waals surface area contributed by atoms with E-state index in [2.05, 4.69) is 10.2 Å². The first-order valence-electron chi connectivity index (χ1n) is 11.9. The molecular formula is C26H29ClFN3O4. The Morgan fingerprint density at radius 1 is 1.06 bits per heavy atom. The van der Waals surface area contributed by atoms with Crippen molar-refractivity contribution >= 4 is 29.4 Å². The maximum atomic E-state index is 14.2. The standard InChI is InChI=1S/C26H29ClFN3O4/c1-2-35-26(34)24(32)29-22(17-7-4-3-5-8-17)11-12-30-13-18-15-31(16-19(18)14-30)25(33)23-20(27)9-6-10-21(23)28/h3-10,18-19,22H,2,11-16H2,1H3,(H,29,32)/t18?,19?,22-/m0/s1. The van der Waals surface area contributed by atoms with Crippen molar-refractivity contribution in [2.75, 3.05) is 39.3 Å². The number of halogens is 2. The molecule has 186 valence electrons. The molecule has 3 atom stereocenters. The van der Waals surface area contributed by atoms with E-state index in [9.17, 15) is 18.8 Å². The minimum Gasteiger partial charge on any atom is -0.459 e. The molecule has 2 saturated heterocycles. The number of carbonyl (C=O) groups is 3. The van der Waals surface area contributed by atoms with Crippen molar-refractivity contribution in [1.82, 2.24) is 15.1 Å². The summed E-state index contributed by atoms with van der Waals surface area (Å²) in [6.45, 7) is 5.27. The minimum absolute atomic E-state index is 0.0611. The fourth-order valence-electron chi connectivity index (χ4n) is 5.03. The molecular weight excluding hydrogens is 473 g/mol. The second-order valence-corrected chi connectivity index (χ2v) is 9.44. The molecule has 2 aromatic carbocycles. The summed E-state index contributed by atoms with van der Waals surface area (Å²) >= 11 is 6.09. The molecule has 0 saturated carbocycles. The van der Waals surface area contributed by atoms with Crippen molar-refractivity contribution in [2.24, 2.45) is 11.8 Å². The summed E-state index contributed by atoms with van der Waals surface area (Å²) in [6.07, 6.45) is 0.627. The molecule has 0 radical (unpaired) electrons. The number of benzene rings is 2. The Hall–Kier alpha value is -2.97. The number of nitrogens with zero attached hydrogens (tertiary/aromatic N) is 2. The summed E-state index contributed by atoms with van der Waals surface area (Å²) in [6, 6.07) is 13.5. The van der Waals surface area contributed by atoms with Gasteiger partial charge in [0.15, 0.2) is 0 Å². The third kappa shape index (κ3) is 5.82. The van der Waals surface area contributed by atoms with Crippen LogP contribution in [0.4, 0.5) is 4.39 Å². The van der Waals surface area contributed by atoms with Gasteiger partial charge in [0.05, 0.1) is 23.2 Å². The lowest BCUT2D eigenvalue weighted by molar-refractivity contribution is -0.154. The van der Waals surface area contributed by atoms with Crippen LogP contribution in [0.1, 0.15) is 35.3 Å². The molecule has 7 nitrogen and oxygen atoms in total. The molecule has 2 amide bonds. The largest absolute Gasteiger partial charge is 0.459 e. The lowest BCUT2D eigenvalue weighted by Gasteiger charge is -2.25. The first-order chi connectivity index (χ1) is 16.9. The van der Waals surface area contributed by atoms with E-state index in [-0.39, 0.29) is 29.1 Å². The van der Waals surface area contributed by atoms with Gasteiger partial charge in [0, 0.05) is 32.7 Å². The molecule has 1 N–H and O–H groups in total. The first kappa shape index (κ1) is 25.1. The van der Waals surface area contributed by atoms with Crippen LogP contribution in [0.3, 0.4) is 0 Å². The number of carbonyl (C=O) groups excluding carboxylic acids is 3. The van der Waals surface area contributed by atoms with Crippen LogP contribution in [-0.2, 0) is 14.3 Å². The lowest BCUT2D eigenvalue weighted by Crippen LogP contribution is -2.38. The van der Waals surface area contributed by atoms with Crippen LogP contribution in [0.5, 0.6) is 0 Å². The number of hydrogen-bond acceptors (Lipinski definition) is 5. The van der Waals surface area contributed by atoms with Crippen LogP contribution in [-0.4, -0.2) is 66.9 Å².